The van der Waals surface area contributed by atoms with Gasteiger partial charge in [-0.25, -0.2) is 4.79 Å². The summed E-state index contributed by atoms with van der Waals surface area (Å²) < 4.78 is 48.9. The Hall–Kier alpha value is -2.13. The molecule has 0 spiro atoms. The molecule has 0 aliphatic carbocycles. The van der Waals surface area contributed by atoms with Crippen LogP contribution in [0, 0.1) is 12.3 Å². The number of esters is 1. The minimum atomic E-state index is -4.79. The maximum Gasteiger partial charge on any atom is 0.430 e. The van der Waals surface area contributed by atoms with E-state index < -0.39 is 23.8 Å². The first kappa shape index (κ1) is 16.2. The molecule has 116 valence electrons. The number of alkyl halides is 3. The zero-order chi connectivity index (χ0) is 16.5. The summed E-state index contributed by atoms with van der Waals surface area (Å²) in [5.74, 6) is 1.05. The van der Waals surface area contributed by atoms with E-state index in [4.69, 9.17) is 22.8 Å². The Morgan fingerprint density at radius 1 is 1.50 bits per heavy atom. The molecule has 1 atom stereocenters. The molecule has 1 unspecified atom stereocenters. The summed E-state index contributed by atoms with van der Waals surface area (Å²) in [6.07, 6.45) is -0.932. The fourth-order valence-corrected chi connectivity index (χ4v) is 2.25. The normalized spacial score (nSPS) is 16.9. The molecule has 0 N–H and O–H groups in total. The summed E-state index contributed by atoms with van der Waals surface area (Å²) in [5.41, 5.74) is -0.0895. The number of halogens is 4. The van der Waals surface area contributed by atoms with Crippen molar-refractivity contribution in [2.75, 3.05) is 6.61 Å². The Morgan fingerprint density at radius 2 is 2.18 bits per heavy atom. The second kappa shape index (κ2) is 5.93. The number of rotatable bonds is 2. The maximum absolute atomic E-state index is 13.1. The largest absolute Gasteiger partial charge is 0.474 e. The molecule has 7 heteroatoms. The highest BCUT2D eigenvalue weighted by atomic mass is 35.5. The van der Waals surface area contributed by atoms with Gasteiger partial charge in [-0.3, -0.25) is 0 Å². The highest BCUT2D eigenvalue weighted by molar-refractivity contribution is 6.32. The molecule has 0 aromatic heterocycles. The van der Waals surface area contributed by atoms with Crippen molar-refractivity contribution in [1.82, 2.24) is 0 Å². The lowest BCUT2D eigenvalue weighted by Gasteiger charge is -2.28. The molecular weight excluding hydrogens is 321 g/mol. The number of fused-ring (bicyclic) bond motifs is 1. The molecule has 2 rings (SSSR count). The van der Waals surface area contributed by atoms with Crippen molar-refractivity contribution in [1.29, 1.82) is 0 Å². The van der Waals surface area contributed by atoms with Crippen molar-refractivity contribution in [3.05, 3.63) is 33.9 Å². The summed E-state index contributed by atoms with van der Waals surface area (Å²) in [5, 5.41) is -0.0566. The Morgan fingerprint density at radius 3 is 2.73 bits per heavy atom. The first-order chi connectivity index (χ1) is 10.3. The average molecular weight is 331 g/mol. The Balaban J connectivity index is 2.59. The summed E-state index contributed by atoms with van der Waals surface area (Å²) in [6.45, 7) is 1.44. The molecular formula is C15H10ClF3O3. The minimum absolute atomic E-state index is 0.0566. The Labute approximate surface area is 129 Å². The van der Waals surface area contributed by atoms with Crippen molar-refractivity contribution in [2.45, 2.75) is 19.2 Å². The van der Waals surface area contributed by atoms with Gasteiger partial charge in [0.1, 0.15) is 5.75 Å². The molecule has 1 aromatic rings. The predicted molar refractivity (Wildman–Crippen MR) is 74.5 cm³/mol. The Kier molecular flexibility index (Phi) is 4.38. The molecule has 0 radical (unpaired) electrons. The third kappa shape index (κ3) is 3.04. The van der Waals surface area contributed by atoms with Crippen molar-refractivity contribution in [3.63, 3.8) is 0 Å². The number of hydrogen-bond donors (Lipinski definition) is 0. The first-order valence-corrected chi connectivity index (χ1v) is 6.58. The van der Waals surface area contributed by atoms with E-state index in [0.717, 1.165) is 6.08 Å². The van der Waals surface area contributed by atoms with Gasteiger partial charge in [0.2, 0.25) is 6.10 Å². The van der Waals surface area contributed by atoms with Gasteiger partial charge in [-0.05, 0) is 25.1 Å². The van der Waals surface area contributed by atoms with E-state index >= 15 is 0 Å². The topological polar surface area (TPSA) is 35.5 Å². The van der Waals surface area contributed by atoms with Gasteiger partial charge in [0.05, 0.1) is 17.2 Å². The summed E-state index contributed by atoms with van der Waals surface area (Å²) in [7, 11) is 0. The Bertz CT molecular complexity index is 686. The predicted octanol–water partition coefficient (Wildman–Crippen LogP) is 3.59. The molecule has 1 heterocycles. The lowest BCUT2D eigenvalue weighted by molar-refractivity contribution is -0.187. The molecule has 22 heavy (non-hydrogen) atoms. The number of terminal acetylenes is 1. The van der Waals surface area contributed by atoms with Crippen LogP contribution in [0.5, 0.6) is 5.75 Å². The van der Waals surface area contributed by atoms with Crippen molar-refractivity contribution >= 4 is 23.6 Å². The van der Waals surface area contributed by atoms with Gasteiger partial charge >= 0.3 is 12.1 Å². The lowest BCUT2D eigenvalue weighted by Crippen LogP contribution is -2.40. The van der Waals surface area contributed by atoms with Crippen LogP contribution in [0.1, 0.15) is 18.1 Å². The quantitative estimate of drug-likeness (QED) is 0.614. The smallest absolute Gasteiger partial charge is 0.430 e. The zero-order valence-electron chi connectivity index (χ0n) is 11.3. The SMILES string of the molecule is C#Cc1cc(Cl)c2c(c1)C=C(C(=O)OCC)C(C(F)(F)F)O2. The van der Waals surface area contributed by atoms with Crippen molar-refractivity contribution in [2.24, 2.45) is 0 Å². The van der Waals surface area contributed by atoms with E-state index in [1.807, 2.05) is 0 Å². The maximum atomic E-state index is 13.1. The summed E-state index contributed by atoms with van der Waals surface area (Å²) in [6, 6.07) is 2.73. The second-order valence-corrected chi connectivity index (χ2v) is 4.79. The molecule has 1 aliphatic heterocycles. The molecule has 0 amide bonds. The van der Waals surface area contributed by atoms with Gasteiger partial charge in [0.25, 0.3) is 0 Å². The number of ether oxygens (including phenoxy) is 2. The van der Waals surface area contributed by atoms with Gasteiger partial charge < -0.3 is 9.47 Å². The zero-order valence-corrected chi connectivity index (χ0v) is 12.1. The minimum Gasteiger partial charge on any atom is -0.474 e. The van der Waals surface area contributed by atoms with Crippen LogP contribution in [0.3, 0.4) is 0 Å². The standard InChI is InChI=1S/C15H10ClF3O3/c1-3-8-5-9-7-10(14(20)21-4-2)13(15(17,18)19)22-12(9)11(16)6-8/h1,5-7,13H,4H2,2H3. The third-order valence-corrected chi connectivity index (χ3v) is 3.16. The van der Waals surface area contributed by atoms with Crippen LogP contribution in [0.25, 0.3) is 6.08 Å². The van der Waals surface area contributed by atoms with Gasteiger partial charge in [0, 0.05) is 11.1 Å². The van der Waals surface area contributed by atoms with E-state index in [-0.39, 0.29) is 22.9 Å². The number of benzene rings is 1. The summed E-state index contributed by atoms with van der Waals surface area (Å²) >= 11 is 5.90. The van der Waals surface area contributed by atoms with Crippen molar-refractivity contribution in [3.8, 4) is 18.1 Å². The number of carbonyl (C=O) groups is 1. The van der Waals surface area contributed by atoms with E-state index in [1.165, 1.54) is 19.1 Å². The van der Waals surface area contributed by atoms with E-state index in [0.29, 0.717) is 5.56 Å². The number of hydrogen-bond acceptors (Lipinski definition) is 3. The van der Waals surface area contributed by atoms with Crippen LogP contribution in [0.4, 0.5) is 13.2 Å². The number of carbonyl (C=O) groups excluding carboxylic acids is 1. The monoisotopic (exact) mass is 330 g/mol. The van der Waals surface area contributed by atoms with Gasteiger partial charge in [-0.2, -0.15) is 13.2 Å². The van der Waals surface area contributed by atoms with Crippen LogP contribution < -0.4 is 4.74 Å². The fourth-order valence-electron chi connectivity index (χ4n) is 1.98. The molecule has 1 aliphatic rings. The highest BCUT2D eigenvalue weighted by Crippen LogP contribution is 2.41. The molecule has 0 fully saturated rings. The van der Waals surface area contributed by atoms with Crippen LogP contribution in [-0.4, -0.2) is 24.9 Å². The summed E-state index contributed by atoms with van der Waals surface area (Å²) in [4.78, 5) is 11.8. The van der Waals surface area contributed by atoms with Crippen molar-refractivity contribution < 1.29 is 27.4 Å². The van der Waals surface area contributed by atoms with Crippen LogP contribution >= 0.6 is 11.6 Å². The van der Waals surface area contributed by atoms with Gasteiger partial charge in [-0.15, -0.1) is 6.42 Å². The average Bonchev–Trinajstić information content (AvgIpc) is 2.45. The van der Waals surface area contributed by atoms with Crippen LogP contribution in [0.15, 0.2) is 17.7 Å². The molecule has 1 aromatic carbocycles. The lowest BCUT2D eigenvalue weighted by atomic mass is 9.99. The van der Waals surface area contributed by atoms with E-state index in [1.54, 1.807) is 0 Å². The molecule has 0 saturated heterocycles. The van der Waals surface area contributed by atoms with Crippen LogP contribution in [0.2, 0.25) is 5.02 Å². The van der Waals surface area contributed by atoms with Gasteiger partial charge in [-0.1, -0.05) is 17.5 Å². The molecule has 0 bridgehead atoms. The third-order valence-electron chi connectivity index (χ3n) is 2.88. The van der Waals surface area contributed by atoms with E-state index in [2.05, 4.69) is 10.7 Å². The first-order valence-electron chi connectivity index (χ1n) is 6.20. The molecule has 3 nitrogen and oxygen atoms in total. The van der Waals surface area contributed by atoms with Gasteiger partial charge in [0.15, 0.2) is 0 Å². The second-order valence-electron chi connectivity index (χ2n) is 4.38. The highest BCUT2D eigenvalue weighted by Gasteiger charge is 2.49. The van der Waals surface area contributed by atoms with E-state index in [9.17, 15) is 18.0 Å². The molecule has 0 saturated carbocycles. The van der Waals surface area contributed by atoms with Crippen LogP contribution in [-0.2, 0) is 9.53 Å². The fraction of sp³-hybridized carbons (Fsp3) is 0.267.